The summed E-state index contributed by atoms with van der Waals surface area (Å²) >= 11 is 20.4. The third kappa shape index (κ3) is 3.99. The molecule has 0 aliphatic heterocycles. The Morgan fingerprint density at radius 2 is 0.722 bits per heavy atom. The lowest BCUT2D eigenvalue weighted by atomic mass is 10.3. The molecule has 0 aromatic heterocycles. The van der Waals surface area contributed by atoms with E-state index in [1.165, 1.54) is 0 Å². The third-order valence-electron chi connectivity index (χ3n) is 2.01. The van der Waals surface area contributed by atoms with Crippen LogP contribution < -0.4 is 0 Å². The van der Waals surface area contributed by atoms with E-state index in [2.05, 4.69) is 63.1 Å². The highest BCUT2D eigenvalue weighted by Gasteiger charge is 2.13. The van der Waals surface area contributed by atoms with Gasteiger partial charge in [-0.15, -0.1) is 63.1 Å². The van der Waals surface area contributed by atoms with Gasteiger partial charge in [-0.3, -0.25) is 0 Å². The van der Waals surface area contributed by atoms with Crippen LogP contribution in [0.4, 0.5) is 0 Å². The number of thiol groups is 5. The topological polar surface area (TPSA) is 20.2 Å². The van der Waals surface area contributed by atoms with Gasteiger partial charge in [-0.05, 0) is 0 Å². The van der Waals surface area contributed by atoms with Crippen LogP contribution in [0.1, 0.15) is 0 Å². The van der Waals surface area contributed by atoms with Crippen molar-refractivity contribution in [1.82, 2.24) is 0 Å². The standard InChI is InChI=1S/C6H6OS5.C6H6/c7-1-2(8)4(10)6(12)5(11)3(1)9;1-2-4-6-5-3-1/h7-12H;1-6H. The highest BCUT2D eigenvalue weighted by atomic mass is 32.1. The Morgan fingerprint density at radius 1 is 0.500 bits per heavy atom. The molecule has 2 aromatic carbocycles. The van der Waals surface area contributed by atoms with Crippen molar-refractivity contribution >= 4 is 63.1 Å². The lowest BCUT2D eigenvalue weighted by molar-refractivity contribution is 0.440. The fourth-order valence-corrected chi connectivity index (χ4v) is 2.52. The van der Waals surface area contributed by atoms with Crippen LogP contribution >= 0.6 is 63.1 Å². The number of phenols is 1. The first-order valence-corrected chi connectivity index (χ1v) is 7.08. The Bertz CT molecular complexity index is 396. The van der Waals surface area contributed by atoms with Crippen LogP contribution in [-0.4, -0.2) is 5.11 Å². The van der Waals surface area contributed by atoms with Crippen molar-refractivity contribution in [2.75, 3.05) is 0 Å². The summed E-state index contributed by atoms with van der Waals surface area (Å²) in [7, 11) is 0. The quantitative estimate of drug-likeness (QED) is 0.392. The molecule has 0 heterocycles. The van der Waals surface area contributed by atoms with E-state index in [0.29, 0.717) is 24.5 Å². The van der Waals surface area contributed by atoms with Crippen molar-refractivity contribution in [3.63, 3.8) is 0 Å². The predicted octanol–water partition coefficient (Wildman–Crippen LogP) is 4.52. The molecule has 0 amide bonds. The monoisotopic (exact) mass is 332 g/mol. The fourth-order valence-electron chi connectivity index (χ4n) is 1.06. The molecule has 0 spiro atoms. The van der Waals surface area contributed by atoms with Gasteiger partial charge in [0.05, 0.1) is 9.79 Å². The van der Waals surface area contributed by atoms with E-state index in [1.54, 1.807) is 0 Å². The summed E-state index contributed by atoms with van der Waals surface area (Å²) in [4.78, 5) is 2.30. The van der Waals surface area contributed by atoms with Gasteiger partial charge < -0.3 is 5.11 Å². The van der Waals surface area contributed by atoms with Crippen LogP contribution in [0, 0.1) is 0 Å². The van der Waals surface area contributed by atoms with E-state index in [1.807, 2.05) is 36.4 Å². The molecule has 0 unspecified atom stereocenters. The van der Waals surface area contributed by atoms with E-state index in [0.717, 1.165) is 0 Å². The maximum atomic E-state index is 9.41. The summed E-state index contributed by atoms with van der Waals surface area (Å²) in [6, 6.07) is 12.0. The normalized spacial score (nSPS) is 9.61. The molecule has 2 aromatic rings. The van der Waals surface area contributed by atoms with Crippen molar-refractivity contribution in [3.05, 3.63) is 36.4 Å². The zero-order valence-corrected chi connectivity index (χ0v) is 13.6. The van der Waals surface area contributed by atoms with Crippen LogP contribution in [0.2, 0.25) is 0 Å². The van der Waals surface area contributed by atoms with Gasteiger partial charge in [-0.25, -0.2) is 0 Å². The van der Waals surface area contributed by atoms with E-state index < -0.39 is 0 Å². The second-order valence-corrected chi connectivity index (χ2v) is 5.48. The van der Waals surface area contributed by atoms with Crippen LogP contribution in [0.15, 0.2) is 60.9 Å². The first-order chi connectivity index (χ1) is 8.46. The number of hydrogen-bond acceptors (Lipinski definition) is 6. The van der Waals surface area contributed by atoms with E-state index in [9.17, 15) is 5.11 Å². The van der Waals surface area contributed by atoms with Crippen LogP contribution in [0.3, 0.4) is 0 Å². The summed E-state index contributed by atoms with van der Waals surface area (Å²) in [6.45, 7) is 0. The molecule has 0 saturated carbocycles. The number of rotatable bonds is 0. The van der Waals surface area contributed by atoms with Crippen molar-refractivity contribution in [3.8, 4) is 5.75 Å². The predicted molar refractivity (Wildman–Crippen MR) is 90.8 cm³/mol. The summed E-state index contributed by atoms with van der Waals surface area (Å²) in [5.41, 5.74) is 0. The minimum Gasteiger partial charge on any atom is -0.506 e. The Hall–Kier alpha value is -0.0100. The van der Waals surface area contributed by atoms with Gasteiger partial charge in [0.1, 0.15) is 5.75 Å². The fraction of sp³-hybridized carbons (Fsp3) is 0. The molecule has 0 atom stereocenters. The molecule has 0 radical (unpaired) electrons. The van der Waals surface area contributed by atoms with Crippen molar-refractivity contribution in [1.29, 1.82) is 0 Å². The molecule has 0 aliphatic carbocycles. The van der Waals surface area contributed by atoms with Crippen LogP contribution in [-0.2, 0) is 0 Å². The highest BCUT2D eigenvalue weighted by Crippen LogP contribution is 2.42. The molecule has 18 heavy (non-hydrogen) atoms. The van der Waals surface area contributed by atoms with Crippen molar-refractivity contribution < 1.29 is 5.11 Å². The zero-order valence-electron chi connectivity index (χ0n) is 9.15. The minimum absolute atomic E-state index is 0.0190. The maximum Gasteiger partial charge on any atom is 0.144 e. The Balaban J connectivity index is 0.000000225. The van der Waals surface area contributed by atoms with Gasteiger partial charge in [0, 0.05) is 14.7 Å². The van der Waals surface area contributed by atoms with Gasteiger partial charge in [-0.1, -0.05) is 36.4 Å². The average Bonchev–Trinajstić information content (AvgIpc) is 2.43. The summed E-state index contributed by atoms with van der Waals surface area (Å²) < 4.78 is 0. The first kappa shape index (κ1) is 16.0. The lowest BCUT2D eigenvalue weighted by Crippen LogP contribution is -1.83. The molecule has 2 rings (SSSR count). The molecule has 1 N–H and O–H groups in total. The summed E-state index contributed by atoms with van der Waals surface area (Å²) in [6.07, 6.45) is 0. The van der Waals surface area contributed by atoms with Gasteiger partial charge in [0.15, 0.2) is 0 Å². The van der Waals surface area contributed by atoms with Crippen molar-refractivity contribution in [2.24, 2.45) is 0 Å². The van der Waals surface area contributed by atoms with E-state index in [4.69, 9.17) is 0 Å². The molecule has 6 heteroatoms. The smallest absolute Gasteiger partial charge is 0.144 e. The highest BCUT2D eigenvalue weighted by molar-refractivity contribution is 7.87. The van der Waals surface area contributed by atoms with Gasteiger partial charge >= 0.3 is 0 Å². The summed E-state index contributed by atoms with van der Waals surface area (Å²) in [5, 5.41) is 9.41. The first-order valence-electron chi connectivity index (χ1n) is 4.84. The van der Waals surface area contributed by atoms with Crippen molar-refractivity contribution in [2.45, 2.75) is 24.5 Å². The number of phenolic OH excluding ortho intramolecular Hbond substituents is 1. The van der Waals surface area contributed by atoms with Gasteiger partial charge in [0.25, 0.3) is 0 Å². The molecule has 0 aliphatic rings. The molecule has 0 bridgehead atoms. The number of hydrogen-bond donors (Lipinski definition) is 6. The maximum absolute atomic E-state index is 9.41. The average molecular weight is 333 g/mol. The molecular weight excluding hydrogens is 320 g/mol. The minimum atomic E-state index is -0.0190. The second-order valence-electron chi connectivity index (χ2n) is 3.25. The van der Waals surface area contributed by atoms with Crippen LogP contribution in [0.5, 0.6) is 5.75 Å². The van der Waals surface area contributed by atoms with E-state index >= 15 is 0 Å². The SMILES string of the molecule is Oc1c(S)c(S)c(S)c(S)c1S.c1ccccc1. The number of aromatic hydroxyl groups is 1. The number of benzene rings is 2. The second kappa shape index (κ2) is 7.55. The molecular formula is C12H12OS5. The zero-order chi connectivity index (χ0) is 13.7. The van der Waals surface area contributed by atoms with Gasteiger partial charge in [0.2, 0.25) is 0 Å². The van der Waals surface area contributed by atoms with Crippen LogP contribution in [0.25, 0.3) is 0 Å². The Labute approximate surface area is 134 Å². The van der Waals surface area contributed by atoms with Gasteiger partial charge in [-0.2, -0.15) is 0 Å². The largest absolute Gasteiger partial charge is 0.506 e. The molecule has 0 fully saturated rings. The summed E-state index contributed by atoms with van der Waals surface area (Å²) in [5.74, 6) is -0.0190. The Morgan fingerprint density at radius 3 is 1.00 bits per heavy atom. The third-order valence-corrected chi connectivity index (χ3v) is 4.93. The molecule has 0 saturated heterocycles. The lowest BCUT2D eigenvalue weighted by Gasteiger charge is -2.10. The Kier molecular flexibility index (Phi) is 6.73. The molecule has 1 nitrogen and oxygen atoms in total. The molecule has 96 valence electrons. The van der Waals surface area contributed by atoms with E-state index in [-0.39, 0.29) is 5.75 Å².